The van der Waals surface area contributed by atoms with E-state index < -0.39 is 5.72 Å². The van der Waals surface area contributed by atoms with E-state index in [-0.39, 0.29) is 5.78 Å². The predicted octanol–water partition coefficient (Wildman–Crippen LogP) is 4.87. The van der Waals surface area contributed by atoms with Gasteiger partial charge in [0, 0.05) is 24.9 Å². The third-order valence-electron chi connectivity index (χ3n) is 6.82. The van der Waals surface area contributed by atoms with Crippen molar-refractivity contribution in [2.24, 2.45) is 5.41 Å². The Morgan fingerprint density at radius 2 is 2.10 bits per heavy atom. The van der Waals surface area contributed by atoms with E-state index in [1.165, 1.54) is 11.1 Å². The van der Waals surface area contributed by atoms with Gasteiger partial charge >= 0.3 is 0 Å². The molecule has 5 heteroatoms. The number of rotatable bonds is 5. The van der Waals surface area contributed by atoms with E-state index in [1.807, 2.05) is 6.92 Å². The number of ether oxygens (including phenoxy) is 1. The first kappa shape index (κ1) is 21.0. The van der Waals surface area contributed by atoms with Crippen molar-refractivity contribution in [3.05, 3.63) is 58.7 Å². The van der Waals surface area contributed by atoms with Crippen LogP contribution in [0.2, 0.25) is 0 Å². The van der Waals surface area contributed by atoms with Gasteiger partial charge in [-0.25, -0.2) is 4.98 Å². The normalized spacial score (nSPS) is 24.1. The Morgan fingerprint density at radius 1 is 1.30 bits per heavy atom. The van der Waals surface area contributed by atoms with Crippen LogP contribution in [0, 0.1) is 12.3 Å². The maximum Gasteiger partial charge on any atom is 0.202 e. The first-order valence-electron chi connectivity index (χ1n) is 10.9. The van der Waals surface area contributed by atoms with Crippen molar-refractivity contribution in [3.63, 3.8) is 0 Å². The summed E-state index contributed by atoms with van der Waals surface area (Å²) < 4.78 is 6.13. The minimum absolute atomic E-state index is 0.0225. The third kappa shape index (κ3) is 4.01. The van der Waals surface area contributed by atoms with Crippen LogP contribution in [0.3, 0.4) is 0 Å². The molecule has 1 atom stereocenters. The summed E-state index contributed by atoms with van der Waals surface area (Å²) in [6.07, 6.45) is 7.67. The van der Waals surface area contributed by atoms with Gasteiger partial charge in [-0.05, 0) is 73.9 Å². The van der Waals surface area contributed by atoms with Crippen molar-refractivity contribution in [3.8, 4) is 0 Å². The fourth-order valence-electron chi connectivity index (χ4n) is 4.46. The van der Waals surface area contributed by atoms with E-state index in [0.717, 1.165) is 49.2 Å². The maximum atomic E-state index is 12.9. The van der Waals surface area contributed by atoms with Crippen molar-refractivity contribution in [1.29, 1.82) is 0 Å². The van der Waals surface area contributed by atoms with E-state index in [0.29, 0.717) is 17.7 Å². The van der Waals surface area contributed by atoms with E-state index in [1.54, 1.807) is 6.20 Å². The summed E-state index contributed by atoms with van der Waals surface area (Å²) in [5.41, 5.74) is 5.55. The number of aryl methyl sites for hydroxylation is 1. The molecule has 1 saturated heterocycles. The van der Waals surface area contributed by atoms with Crippen molar-refractivity contribution in [1.82, 2.24) is 14.9 Å². The molecule has 5 nitrogen and oxygen atoms in total. The Morgan fingerprint density at radius 3 is 2.70 bits per heavy atom. The smallest absolute Gasteiger partial charge is 0.202 e. The van der Waals surface area contributed by atoms with Crippen molar-refractivity contribution < 1.29 is 9.53 Å². The van der Waals surface area contributed by atoms with Crippen LogP contribution in [0.5, 0.6) is 0 Å². The molecule has 1 aliphatic heterocycles. The number of allylic oxidation sites excluding steroid dienone is 2. The highest BCUT2D eigenvalue weighted by Gasteiger charge is 2.37. The molecule has 1 unspecified atom stereocenters. The zero-order chi connectivity index (χ0) is 21.5. The average Bonchev–Trinajstić information content (AvgIpc) is 3.28. The maximum absolute atomic E-state index is 12.9. The highest BCUT2D eigenvalue weighted by Crippen LogP contribution is 2.41. The number of benzene rings is 1. The molecule has 1 N–H and O–H groups in total. The van der Waals surface area contributed by atoms with Gasteiger partial charge in [-0.1, -0.05) is 32.1 Å². The van der Waals surface area contributed by atoms with Crippen molar-refractivity contribution in [2.45, 2.75) is 59.1 Å². The standard InChI is InChI=1S/C25H33N3O2/c1-17-16-26-23(27-17)22(29)14-19-6-7-20(25(4)28(5)12-13-30-25)15-21(19)18-8-10-24(2,3)11-9-18/h6-8,15-16H,9-14H2,1-5H3,(H,26,27). The summed E-state index contributed by atoms with van der Waals surface area (Å²) in [5.74, 6) is 0.460. The fourth-order valence-corrected chi connectivity index (χ4v) is 4.46. The Hall–Kier alpha value is -2.24. The molecule has 0 amide bonds. The lowest BCUT2D eigenvalue weighted by atomic mass is 9.76. The summed E-state index contributed by atoms with van der Waals surface area (Å²) in [6, 6.07) is 6.48. The first-order chi connectivity index (χ1) is 14.2. The largest absolute Gasteiger partial charge is 0.355 e. The van der Waals surface area contributed by atoms with Gasteiger partial charge < -0.3 is 9.72 Å². The van der Waals surface area contributed by atoms with Crippen molar-refractivity contribution >= 4 is 11.4 Å². The molecule has 2 heterocycles. The zero-order valence-corrected chi connectivity index (χ0v) is 18.8. The van der Waals surface area contributed by atoms with Gasteiger partial charge in [-0.15, -0.1) is 0 Å². The number of nitrogens with zero attached hydrogens (tertiary/aromatic N) is 2. The summed E-state index contributed by atoms with van der Waals surface area (Å²) in [6.45, 7) is 10.3. The van der Waals surface area contributed by atoms with Crippen LogP contribution in [-0.2, 0) is 16.9 Å². The van der Waals surface area contributed by atoms with Crippen LogP contribution in [0.15, 0.2) is 30.5 Å². The van der Waals surface area contributed by atoms with Crippen LogP contribution in [0.25, 0.3) is 5.57 Å². The number of likely N-dealkylation sites (N-methyl/N-ethyl adjacent to an activating group) is 1. The molecule has 1 fully saturated rings. The summed E-state index contributed by atoms with van der Waals surface area (Å²) in [4.78, 5) is 22.4. The molecule has 160 valence electrons. The minimum Gasteiger partial charge on any atom is -0.355 e. The molecule has 0 saturated carbocycles. The molecule has 2 aromatic rings. The molecule has 1 aromatic carbocycles. The van der Waals surface area contributed by atoms with Gasteiger partial charge in [0.1, 0.15) is 5.72 Å². The van der Waals surface area contributed by atoms with Crippen LogP contribution >= 0.6 is 0 Å². The fraction of sp³-hybridized carbons (Fsp3) is 0.520. The Bertz CT molecular complexity index is 988. The molecule has 30 heavy (non-hydrogen) atoms. The molecule has 0 spiro atoms. The Labute approximate surface area is 179 Å². The van der Waals surface area contributed by atoms with Gasteiger partial charge in [0.2, 0.25) is 5.78 Å². The van der Waals surface area contributed by atoms with Crippen LogP contribution in [0.4, 0.5) is 0 Å². The number of aromatic amines is 1. The quantitative estimate of drug-likeness (QED) is 0.718. The molecular formula is C25H33N3O2. The van der Waals surface area contributed by atoms with Crippen LogP contribution in [-0.4, -0.2) is 40.9 Å². The van der Waals surface area contributed by atoms with E-state index in [4.69, 9.17) is 4.74 Å². The molecule has 0 bridgehead atoms. The lowest BCUT2D eigenvalue weighted by molar-refractivity contribution is -0.0617. The van der Waals surface area contributed by atoms with Crippen molar-refractivity contribution in [2.75, 3.05) is 20.2 Å². The van der Waals surface area contributed by atoms with E-state index >= 15 is 0 Å². The van der Waals surface area contributed by atoms with E-state index in [2.05, 4.69) is 67.0 Å². The topological polar surface area (TPSA) is 58.2 Å². The second-order valence-corrected chi connectivity index (χ2v) is 9.74. The summed E-state index contributed by atoms with van der Waals surface area (Å²) in [5, 5.41) is 0. The highest BCUT2D eigenvalue weighted by molar-refractivity contribution is 5.95. The molecule has 1 aromatic heterocycles. The van der Waals surface area contributed by atoms with Gasteiger partial charge in [0.25, 0.3) is 0 Å². The molecular weight excluding hydrogens is 374 g/mol. The number of carbonyl (C=O) groups excluding carboxylic acids is 1. The van der Waals surface area contributed by atoms with Gasteiger partial charge in [0.15, 0.2) is 5.82 Å². The monoisotopic (exact) mass is 407 g/mol. The Balaban J connectivity index is 1.72. The average molecular weight is 408 g/mol. The second-order valence-electron chi connectivity index (χ2n) is 9.74. The minimum atomic E-state index is -0.427. The Kier molecular flexibility index (Phi) is 5.45. The van der Waals surface area contributed by atoms with Gasteiger partial charge in [0.05, 0.1) is 6.61 Å². The van der Waals surface area contributed by atoms with Crippen LogP contribution in [0.1, 0.15) is 73.0 Å². The number of H-pyrrole nitrogens is 1. The summed E-state index contributed by atoms with van der Waals surface area (Å²) in [7, 11) is 2.10. The zero-order valence-electron chi connectivity index (χ0n) is 18.8. The number of Topliss-reactive ketones (excluding diaryl/α,β-unsaturated/α-hetero) is 1. The molecule has 4 rings (SSSR count). The molecule has 2 aliphatic rings. The molecule has 1 aliphatic carbocycles. The van der Waals surface area contributed by atoms with Gasteiger partial charge in [-0.2, -0.15) is 0 Å². The number of aromatic nitrogens is 2. The lowest BCUT2D eigenvalue weighted by Crippen LogP contribution is -2.36. The number of ketones is 1. The summed E-state index contributed by atoms with van der Waals surface area (Å²) >= 11 is 0. The number of imidazole rings is 1. The van der Waals surface area contributed by atoms with Gasteiger partial charge in [-0.3, -0.25) is 9.69 Å². The number of nitrogens with one attached hydrogen (secondary N) is 1. The third-order valence-corrected chi connectivity index (χ3v) is 6.82. The predicted molar refractivity (Wildman–Crippen MR) is 119 cm³/mol. The molecule has 0 radical (unpaired) electrons. The second kappa shape index (κ2) is 7.78. The van der Waals surface area contributed by atoms with E-state index in [9.17, 15) is 4.79 Å². The van der Waals surface area contributed by atoms with Crippen LogP contribution < -0.4 is 0 Å². The number of hydrogen-bond acceptors (Lipinski definition) is 4. The number of carbonyl (C=O) groups is 1. The first-order valence-corrected chi connectivity index (χ1v) is 10.9. The lowest BCUT2D eigenvalue weighted by Gasteiger charge is -2.33. The number of hydrogen-bond donors (Lipinski definition) is 1. The highest BCUT2D eigenvalue weighted by atomic mass is 16.5. The SMILES string of the molecule is Cc1cnc(C(=O)Cc2ccc(C3(C)OCCN3C)cc2C2=CCC(C)(C)CC2)[nH]1.